The van der Waals surface area contributed by atoms with Gasteiger partial charge in [0.1, 0.15) is 0 Å². The van der Waals surface area contributed by atoms with Crippen molar-refractivity contribution in [1.29, 1.82) is 0 Å². The minimum absolute atomic E-state index is 0.289. The summed E-state index contributed by atoms with van der Waals surface area (Å²) in [5, 5.41) is 3.33. The maximum Gasteiger partial charge on any atom is 0.240 e. The molecule has 122 valence electrons. The third-order valence-electron chi connectivity index (χ3n) is 3.96. The number of anilines is 1. The molecule has 1 saturated heterocycles. The van der Waals surface area contributed by atoms with Crippen LogP contribution in [0, 0.1) is 0 Å². The third-order valence-corrected chi connectivity index (χ3v) is 5.37. The molecule has 0 aromatic heterocycles. The zero-order valence-corrected chi connectivity index (χ0v) is 13.7. The summed E-state index contributed by atoms with van der Waals surface area (Å²) in [5.41, 5.74) is 2.10. The molecule has 6 heteroatoms. The standard InChI is InChI=1S/C17H21N3O2S/c21-23(22,16-7-2-1-3-8-16)19-14-15-6-4-5-9-17(15)20-12-10-18-11-13-20/h1-9,18-19H,10-14H2. The second-order valence-electron chi connectivity index (χ2n) is 5.50. The van der Waals surface area contributed by atoms with E-state index in [0.717, 1.165) is 37.4 Å². The lowest BCUT2D eigenvalue weighted by Crippen LogP contribution is -2.44. The smallest absolute Gasteiger partial charge is 0.240 e. The Hall–Kier alpha value is -1.89. The molecule has 0 spiro atoms. The highest BCUT2D eigenvalue weighted by Crippen LogP contribution is 2.21. The molecule has 2 aromatic carbocycles. The summed E-state index contributed by atoms with van der Waals surface area (Å²) in [4.78, 5) is 2.59. The molecule has 0 atom stereocenters. The van der Waals surface area contributed by atoms with Crippen molar-refractivity contribution in [2.24, 2.45) is 0 Å². The third kappa shape index (κ3) is 3.90. The highest BCUT2D eigenvalue weighted by molar-refractivity contribution is 7.89. The van der Waals surface area contributed by atoms with Gasteiger partial charge in [-0.3, -0.25) is 0 Å². The Balaban J connectivity index is 1.76. The minimum atomic E-state index is -3.49. The molecule has 23 heavy (non-hydrogen) atoms. The quantitative estimate of drug-likeness (QED) is 0.873. The molecule has 2 N–H and O–H groups in total. The lowest BCUT2D eigenvalue weighted by atomic mass is 10.1. The Morgan fingerprint density at radius 3 is 2.35 bits per heavy atom. The number of benzene rings is 2. The monoisotopic (exact) mass is 331 g/mol. The van der Waals surface area contributed by atoms with Gasteiger partial charge in [0.15, 0.2) is 0 Å². The van der Waals surface area contributed by atoms with Crippen LogP contribution in [-0.4, -0.2) is 34.6 Å². The van der Waals surface area contributed by atoms with Crippen LogP contribution in [0.5, 0.6) is 0 Å². The van der Waals surface area contributed by atoms with Crippen molar-refractivity contribution in [3.8, 4) is 0 Å². The lowest BCUT2D eigenvalue weighted by molar-refractivity contribution is 0.578. The van der Waals surface area contributed by atoms with E-state index < -0.39 is 10.0 Å². The number of hydrogen-bond acceptors (Lipinski definition) is 4. The first-order valence-corrected chi connectivity index (χ1v) is 9.23. The van der Waals surface area contributed by atoms with Crippen LogP contribution in [-0.2, 0) is 16.6 Å². The summed E-state index contributed by atoms with van der Waals surface area (Å²) >= 11 is 0. The molecular formula is C17H21N3O2S. The second-order valence-corrected chi connectivity index (χ2v) is 7.27. The summed E-state index contributed by atoms with van der Waals surface area (Å²) < 4.78 is 27.4. The van der Waals surface area contributed by atoms with E-state index in [0.29, 0.717) is 4.90 Å². The summed E-state index contributed by atoms with van der Waals surface area (Å²) in [5.74, 6) is 0. The molecule has 0 unspecified atom stereocenters. The van der Waals surface area contributed by atoms with Crippen LogP contribution in [0.2, 0.25) is 0 Å². The van der Waals surface area contributed by atoms with Gasteiger partial charge in [-0.1, -0.05) is 36.4 Å². The van der Waals surface area contributed by atoms with Crippen molar-refractivity contribution in [2.75, 3.05) is 31.1 Å². The second kappa shape index (κ2) is 7.12. The van der Waals surface area contributed by atoms with E-state index in [2.05, 4.69) is 21.0 Å². The fourth-order valence-corrected chi connectivity index (χ4v) is 3.76. The first-order valence-electron chi connectivity index (χ1n) is 7.75. The Morgan fingerprint density at radius 1 is 0.957 bits per heavy atom. The normalized spacial score (nSPS) is 15.6. The van der Waals surface area contributed by atoms with Crippen LogP contribution < -0.4 is 14.9 Å². The summed E-state index contributed by atoms with van der Waals surface area (Å²) in [7, 11) is -3.49. The van der Waals surface area contributed by atoms with E-state index in [1.165, 1.54) is 0 Å². The van der Waals surface area contributed by atoms with E-state index in [4.69, 9.17) is 0 Å². The number of sulfonamides is 1. The number of nitrogens with zero attached hydrogens (tertiary/aromatic N) is 1. The van der Waals surface area contributed by atoms with Gasteiger partial charge in [-0.25, -0.2) is 13.1 Å². The molecule has 0 saturated carbocycles. The Labute approximate surface area is 137 Å². The number of rotatable bonds is 5. The van der Waals surface area contributed by atoms with E-state index >= 15 is 0 Å². The van der Waals surface area contributed by atoms with Crippen LogP contribution in [0.15, 0.2) is 59.5 Å². The highest BCUT2D eigenvalue weighted by Gasteiger charge is 2.17. The van der Waals surface area contributed by atoms with Gasteiger partial charge in [-0.15, -0.1) is 0 Å². The average Bonchev–Trinajstić information content (AvgIpc) is 2.62. The van der Waals surface area contributed by atoms with E-state index in [1.807, 2.05) is 18.2 Å². The Morgan fingerprint density at radius 2 is 1.61 bits per heavy atom. The van der Waals surface area contributed by atoms with Crippen molar-refractivity contribution in [3.05, 3.63) is 60.2 Å². The number of nitrogens with one attached hydrogen (secondary N) is 2. The summed E-state index contributed by atoms with van der Waals surface area (Å²) in [6, 6.07) is 16.4. The van der Waals surface area contributed by atoms with Crippen LogP contribution in [0.25, 0.3) is 0 Å². The maximum absolute atomic E-state index is 12.4. The number of hydrogen-bond donors (Lipinski definition) is 2. The van der Waals surface area contributed by atoms with Crippen LogP contribution in [0.3, 0.4) is 0 Å². The largest absolute Gasteiger partial charge is 0.369 e. The average molecular weight is 331 g/mol. The van der Waals surface area contributed by atoms with Crippen molar-refractivity contribution in [1.82, 2.24) is 10.0 Å². The molecule has 5 nitrogen and oxygen atoms in total. The van der Waals surface area contributed by atoms with Crippen LogP contribution in [0.4, 0.5) is 5.69 Å². The van der Waals surface area contributed by atoms with Crippen molar-refractivity contribution < 1.29 is 8.42 Å². The molecule has 0 aliphatic carbocycles. The fourth-order valence-electron chi connectivity index (χ4n) is 2.73. The SMILES string of the molecule is O=S(=O)(NCc1ccccc1N1CCNCC1)c1ccccc1. The highest BCUT2D eigenvalue weighted by atomic mass is 32.2. The Kier molecular flexibility index (Phi) is 4.95. The number of para-hydroxylation sites is 1. The topological polar surface area (TPSA) is 61.4 Å². The minimum Gasteiger partial charge on any atom is -0.369 e. The maximum atomic E-state index is 12.4. The van der Waals surface area contributed by atoms with Gasteiger partial charge in [-0.05, 0) is 23.8 Å². The van der Waals surface area contributed by atoms with Gasteiger partial charge in [0.2, 0.25) is 10.0 Å². The molecule has 3 rings (SSSR count). The van der Waals surface area contributed by atoms with Crippen LogP contribution in [0.1, 0.15) is 5.56 Å². The van der Waals surface area contributed by atoms with Crippen LogP contribution >= 0.6 is 0 Å². The molecule has 1 fully saturated rings. The van der Waals surface area contributed by atoms with E-state index in [-0.39, 0.29) is 6.54 Å². The molecule has 0 amide bonds. The molecule has 0 radical (unpaired) electrons. The summed E-state index contributed by atoms with van der Waals surface area (Å²) in [6.45, 7) is 4.05. The lowest BCUT2D eigenvalue weighted by Gasteiger charge is -2.31. The van der Waals surface area contributed by atoms with Gasteiger partial charge in [0.25, 0.3) is 0 Å². The van der Waals surface area contributed by atoms with E-state index in [1.54, 1.807) is 30.3 Å². The fraction of sp³-hybridized carbons (Fsp3) is 0.294. The molecule has 0 bridgehead atoms. The predicted molar refractivity (Wildman–Crippen MR) is 92.0 cm³/mol. The van der Waals surface area contributed by atoms with Gasteiger partial charge in [0.05, 0.1) is 4.90 Å². The van der Waals surface area contributed by atoms with Gasteiger partial charge in [-0.2, -0.15) is 0 Å². The number of piperazine rings is 1. The first-order chi connectivity index (χ1) is 11.2. The Bertz CT molecular complexity index is 741. The van der Waals surface area contributed by atoms with Crippen molar-refractivity contribution in [3.63, 3.8) is 0 Å². The van der Waals surface area contributed by atoms with Crippen molar-refractivity contribution >= 4 is 15.7 Å². The van der Waals surface area contributed by atoms with Gasteiger partial charge < -0.3 is 10.2 Å². The summed E-state index contributed by atoms with van der Waals surface area (Å²) in [6.07, 6.45) is 0. The van der Waals surface area contributed by atoms with Crippen molar-refractivity contribution in [2.45, 2.75) is 11.4 Å². The van der Waals surface area contributed by atoms with Gasteiger partial charge >= 0.3 is 0 Å². The van der Waals surface area contributed by atoms with E-state index in [9.17, 15) is 8.42 Å². The molecule has 1 heterocycles. The molecule has 2 aromatic rings. The molecular weight excluding hydrogens is 310 g/mol. The predicted octanol–water partition coefficient (Wildman–Crippen LogP) is 1.57. The molecule has 1 aliphatic heterocycles. The van der Waals surface area contributed by atoms with Gasteiger partial charge in [0, 0.05) is 38.4 Å². The molecule has 1 aliphatic rings. The zero-order chi connectivity index (χ0) is 16.1. The zero-order valence-electron chi connectivity index (χ0n) is 12.9. The first kappa shape index (κ1) is 16.0.